The topological polar surface area (TPSA) is 59.0 Å². The molecule has 0 aromatic heterocycles. The molecule has 0 spiro atoms. The summed E-state index contributed by atoms with van der Waals surface area (Å²) in [6, 6.07) is 13.6. The summed E-state index contributed by atoms with van der Waals surface area (Å²) in [5, 5.41) is 8.57. The predicted molar refractivity (Wildman–Crippen MR) is 70.9 cm³/mol. The quantitative estimate of drug-likeness (QED) is 0.855. The number of anilines is 1. The molecule has 2 rings (SSSR count). The van der Waals surface area contributed by atoms with Crippen LogP contribution in [0.25, 0.3) is 0 Å². The summed E-state index contributed by atoms with van der Waals surface area (Å²) in [5.74, 6) is 0.326. The minimum atomic E-state index is -0.359. The molecule has 96 valence electrons. The van der Waals surface area contributed by atoms with Crippen LogP contribution in [0.4, 0.5) is 10.1 Å². The second-order valence-corrected chi connectivity index (χ2v) is 4.11. The van der Waals surface area contributed by atoms with Crippen molar-refractivity contribution in [2.75, 3.05) is 5.73 Å². The molecule has 0 bridgehead atoms. The molecular weight excluding hydrogens is 243 g/mol. The summed E-state index contributed by atoms with van der Waals surface area (Å²) in [6.45, 7) is 0.281. The highest BCUT2D eigenvalue weighted by atomic mass is 19.1. The second kappa shape index (κ2) is 5.87. The third kappa shape index (κ3) is 3.46. The van der Waals surface area contributed by atoms with Gasteiger partial charge >= 0.3 is 0 Å². The number of hydrogen-bond acceptors (Lipinski definition) is 3. The largest absolute Gasteiger partial charge is 0.489 e. The van der Waals surface area contributed by atoms with Gasteiger partial charge in [-0.3, -0.25) is 0 Å². The summed E-state index contributed by atoms with van der Waals surface area (Å²) in [6.07, 6.45) is 0.380. The van der Waals surface area contributed by atoms with Crippen LogP contribution in [0.2, 0.25) is 0 Å². The molecule has 19 heavy (non-hydrogen) atoms. The number of ether oxygens (including phenoxy) is 1. The molecule has 2 aromatic carbocycles. The first-order valence-corrected chi connectivity index (χ1v) is 5.81. The van der Waals surface area contributed by atoms with Crippen LogP contribution in [0, 0.1) is 17.1 Å². The van der Waals surface area contributed by atoms with Crippen LogP contribution in [-0.4, -0.2) is 0 Å². The molecule has 0 atom stereocenters. The highest BCUT2D eigenvalue weighted by Gasteiger charge is 2.02. The van der Waals surface area contributed by atoms with E-state index in [-0.39, 0.29) is 12.4 Å². The zero-order valence-electron chi connectivity index (χ0n) is 10.3. The minimum absolute atomic E-state index is 0.281. The molecule has 0 fully saturated rings. The van der Waals surface area contributed by atoms with Crippen molar-refractivity contribution in [2.24, 2.45) is 0 Å². The number of halogens is 1. The van der Waals surface area contributed by atoms with Crippen molar-refractivity contribution in [3.05, 3.63) is 59.4 Å². The van der Waals surface area contributed by atoms with Crippen LogP contribution in [0.5, 0.6) is 5.75 Å². The number of nitrogens with zero attached hydrogens (tertiary/aromatic N) is 1. The average Bonchev–Trinajstić information content (AvgIpc) is 2.40. The van der Waals surface area contributed by atoms with Crippen molar-refractivity contribution in [2.45, 2.75) is 13.0 Å². The Morgan fingerprint density at radius 1 is 1.16 bits per heavy atom. The maximum Gasteiger partial charge on any atom is 0.125 e. The summed E-state index contributed by atoms with van der Waals surface area (Å²) >= 11 is 0. The Kier molecular flexibility index (Phi) is 3.99. The SMILES string of the molecule is N#CCc1ccc(OCc2ccc(F)cc2N)cc1. The van der Waals surface area contributed by atoms with Crippen molar-refractivity contribution in [1.82, 2.24) is 0 Å². The van der Waals surface area contributed by atoms with Crippen molar-refractivity contribution in [3.63, 3.8) is 0 Å². The van der Waals surface area contributed by atoms with Crippen molar-refractivity contribution < 1.29 is 9.13 Å². The molecule has 0 amide bonds. The van der Waals surface area contributed by atoms with Crippen LogP contribution in [0.1, 0.15) is 11.1 Å². The van der Waals surface area contributed by atoms with Gasteiger partial charge in [-0.05, 0) is 29.8 Å². The van der Waals surface area contributed by atoms with Gasteiger partial charge in [-0.2, -0.15) is 5.26 Å². The third-order valence-corrected chi connectivity index (χ3v) is 2.71. The highest BCUT2D eigenvalue weighted by molar-refractivity contribution is 5.46. The van der Waals surface area contributed by atoms with E-state index in [4.69, 9.17) is 15.7 Å². The molecule has 2 N–H and O–H groups in total. The van der Waals surface area contributed by atoms with E-state index < -0.39 is 0 Å². The lowest BCUT2D eigenvalue weighted by molar-refractivity contribution is 0.306. The first-order valence-electron chi connectivity index (χ1n) is 5.81. The van der Waals surface area contributed by atoms with Gasteiger partial charge in [0.25, 0.3) is 0 Å². The number of rotatable bonds is 4. The van der Waals surface area contributed by atoms with E-state index in [2.05, 4.69) is 6.07 Å². The Morgan fingerprint density at radius 3 is 2.53 bits per heavy atom. The van der Waals surface area contributed by atoms with Gasteiger partial charge in [-0.25, -0.2) is 4.39 Å². The molecule has 0 radical (unpaired) electrons. The number of benzene rings is 2. The Hall–Kier alpha value is -2.54. The van der Waals surface area contributed by atoms with Crippen molar-refractivity contribution in [3.8, 4) is 11.8 Å². The van der Waals surface area contributed by atoms with Crippen LogP contribution >= 0.6 is 0 Å². The van der Waals surface area contributed by atoms with Crippen LogP contribution < -0.4 is 10.5 Å². The van der Waals surface area contributed by atoms with E-state index in [1.165, 1.54) is 12.1 Å². The van der Waals surface area contributed by atoms with Gasteiger partial charge in [0.05, 0.1) is 12.5 Å². The van der Waals surface area contributed by atoms with Crippen LogP contribution in [0.3, 0.4) is 0 Å². The maximum atomic E-state index is 12.9. The van der Waals surface area contributed by atoms with Gasteiger partial charge in [0, 0.05) is 11.3 Å². The molecule has 0 aliphatic rings. The van der Waals surface area contributed by atoms with Gasteiger partial charge in [-0.1, -0.05) is 18.2 Å². The van der Waals surface area contributed by atoms with E-state index in [1.807, 2.05) is 12.1 Å². The van der Waals surface area contributed by atoms with E-state index in [0.717, 1.165) is 11.1 Å². The molecule has 0 saturated heterocycles. The first kappa shape index (κ1) is 12.9. The van der Waals surface area contributed by atoms with Gasteiger partial charge in [-0.15, -0.1) is 0 Å². The summed E-state index contributed by atoms with van der Waals surface area (Å²) in [4.78, 5) is 0. The lowest BCUT2D eigenvalue weighted by Crippen LogP contribution is -2.00. The first-order chi connectivity index (χ1) is 9.19. The zero-order chi connectivity index (χ0) is 13.7. The van der Waals surface area contributed by atoms with Crippen LogP contribution in [0.15, 0.2) is 42.5 Å². The fourth-order valence-corrected chi connectivity index (χ4v) is 1.65. The summed E-state index contributed by atoms with van der Waals surface area (Å²) in [7, 11) is 0. The second-order valence-electron chi connectivity index (χ2n) is 4.11. The molecular formula is C15H13FN2O. The zero-order valence-corrected chi connectivity index (χ0v) is 10.3. The van der Waals surface area contributed by atoms with Crippen molar-refractivity contribution >= 4 is 5.69 Å². The van der Waals surface area contributed by atoms with E-state index in [9.17, 15) is 4.39 Å². The smallest absolute Gasteiger partial charge is 0.125 e. The van der Waals surface area contributed by atoms with Crippen LogP contribution in [-0.2, 0) is 13.0 Å². The third-order valence-electron chi connectivity index (χ3n) is 2.71. The Balaban J connectivity index is 2.00. The lowest BCUT2D eigenvalue weighted by Gasteiger charge is -2.09. The molecule has 4 heteroatoms. The van der Waals surface area contributed by atoms with Gasteiger partial charge in [0.15, 0.2) is 0 Å². The Bertz CT molecular complexity index is 603. The molecule has 0 saturated carbocycles. The molecule has 0 aliphatic carbocycles. The average molecular weight is 256 g/mol. The standard InChI is InChI=1S/C15H13FN2O/c16-13-4-3-12(15(18)9-13)10-19-14-5-1-11(2-6-14)7-8-17/h1-6,9H,7,10,18H2. The van der Waals surface area contributed by atoms with E-state index in [0.29, 0.717) is 17.9 Å². The lowest BCUT2D eigenvalue weighted by atomic mass is 10.1. The van der Waals surface area contributed by atoms with E-state index >= 15 is 0 Å². The molecule has 0 aliphatic heterocycles. The fourth-order valence-electron chi connectivity index (χ4n) is 1.65. The maximum absolute atomic E-state index is 12.9. The van der Waals surface area contributed by atoms with E-state index in [1.54, 1.807) is 18.2 Å². The number of nitrogens with two attached hydrogens (primary N) is 1. The molecule has 2 aromatic rings. The number of hydrogen-bond donors (Lipinski definition) is 1. The molecule has 0 heterocycles. The number of nitrogen functional groups attached to an aromatic ring is 1. The fraction of sp³-hybridized carbons (Fsp3) is 0.133. The van der Waals surface area contributed by atoms with Gasteiger partial charge < -0.3 is 10.5 Å². The monoisotopic (exact) mass is 256 g/mol. The van der Waals surface area contributed by atoms with Crippen molar-refractivity contribution in [1.29, 1.82) is 5.26 Å². The Morgan fingerprint density at radius 2 is 1.89 bits per heavy atom. The normalized spacial score (nSPS) is 9.89. The van der Waals surface area contributed by atoms with Gasteiger partial charge in [0.1, 0.15) is 18.2 Å². The molecule has 0 unspecified atom stereocenters. The summed E-state index contributed by atoms with van der Waals surface area (Å²) in [5.41, 5.74) is 7.75. The minimum Gasteiger partial charge on any atom is -0.489 e. The Labute approximate surface area is 111 Å². The highest BCUT2D eigenvalue weighted by Crippen LogP contribution is 2.18. The van der Waals surface area contributed by atoms with Gasteiger partial charge in [0.2, 0.25) is 0 Å². The predicted octanol–water partition coefficient (Wildman–Crippen LogP) is 3.05. The molecule has 3 nitrogen and oxygen atoms in total. The number of nitriles is 1. The summed E-state index contributed by atoms with van der Waals surface area (Å²) < 4.78 is 18.4.